The molecule has 0 aromatic heterocycles. The Morgan fingerprint density at radius 3 is 2.78 bits per heavy atom. The van der Waals surface area contributed by atoms with Crippen molar-refractivity contribution in [2.24, 2.45) is 0 Å². The van der Waals surface area contributed by atoms with Crippen molar-refractivity contribution in [3.63, 3.8) is 0 Å². The highest BCUT2D eigenvalue weighted by Gasteiger charge is 2.17. The van der Waals surface area contributed by atoms with Gasteiger partial charge in [-0.15, -0.1) is 0 Å². The molecule has 1 aliphatic heterocycles. The lowest BCUT2D eigenvalue weighted by molar-refractivity contribution is -0.129. The van der Waals surface area contributed by atoms with Gasteiger partial charge in [-0.1, -0.05) is 0 Å². The molecular formula is C13H14N2O3. The van der Waals surface area contributed by atoms with E-state index in [1.807, 2.05) is 25.1 Å². The van der Waals surface area contributed by atoms with Crippen LogP contribution in [0.25, 0.3) is 0 Å². The number of ether oxygens (including phenoxy) is 2. The van der Waals surface area contributed by atoms with Crippen molar-refractivity contribution in [2.75, 3.05) is 13.8 Å². The molecule has 0 spiro atoms. The number of nitriles is 1. The SMILES string of the molecule is Cc1cc2c(cc1CN(C)C(=O)CC#N)OCO2. The lowest BCUT2D eigenvalue weighted by atomic mass is 10.1. The molecule has 0 bridgehead atoms. The molecule has 0 saturated carbocycles. The van der Waals surface area contributed by atoms with E-state index in [2.05, 4.69) is 0 Å². The van der Waals surface area contributed by atoms with E-state index < -0.39 is 0 Å². The van der Waals surface area contributed by atoms with Gasteiger partial charge in [0.15, 0.2) is 11.5 Å². The summed E-state index contributed by atoms with van der Waals surface area (Å²) in [6, 6.07) is 5.64. The highest BCUT2D eigenvalue weighted by Crippen LogP contribution is 2.34. The third-order valence-corrected chi connectivity index (χ3v) is 2.89. The second-order valence-corrected chi connectivity index (χ2v) is 4.22. The van der Waals surface area contributed by atoms with Crippen LogP contribution in [0.4, 0.5) is 0 Å². The van der Waals surface area contributed by atoms with Crippen LogP contribution in [0, 0.1) is 18.3 Å². The van der Waals surface area contributed by atoms with Gasteiger partial charge < -0.3 is 14.4 Å². The average Bonchev–Trinajstić information content (AvgIpc) is 2.76. The standard InChI is InChI=1S/C13H14N2O3/c1-9-5-11-12(18-8-17-11)6-10(9)7-15(2)13(16)3-4-14/h5-6H,3,7-8H2,1-2H3. The first-order valence-electron chi connectivity index (χ1n) is 5.62. The van der Waals surface area contributed by atoms with Crippen molar-refractivity contribution in [1.29, 1.82) is 5.26 Å². The average molecular weight is 246 g/mol. The van der Waals surface area contributed by atoms with E-state index in [0.717, 1.165) is 16.9 Å². The number of fused-ring (bicyclic) bond motifs is 1. The summed E-state index contributed by atoms with van der Waals surface area (Å²) in [6.45, 7) is 2.66. The molecule has 1 aromatic rings. The third kappa shape index (κ3) is 2.38. The van der Waals surface area contributed by atoms with Crippen molar-refractivity contribution in [2.45, 2.75) is 19.9 Å². The lowest BCUT2D eigenvalue weighted by Crippen LogP contribution is -2.25. The molecule has 0 fully saturated rings. The number of carbonyl (C=O) groups is 1. The van der Waals surface area contributed by atoms with Gasteiger partial charge in [0.05, 0.1) is 6.07 Å². The summed E-state index contributed by atoms with van der Waals surface area (Å²) < 4.78 is 10.6. The van der Waals surface area contributed by atoms with E-state index in [4.69, 9.17) is 14.7 Å². The molecule has 1 aliphatic rings. The zero-order valence-electron chi connectivity index (χ0n) is 10.4. The number of hydrogen-bond acceptors (Lipinski definition) is 4. The van der Waals surface area contributed by atoms with Crippen molar-refractivity contribution >= 4 is 5.91 Å². The zero-order chi connectivity index (χ0) is 13.1. The van der Waals surface area contributed by atoms with Crippen LogP contribution in [-0.4, -0.2) is 24.6 Å². The van der Waals surface area contributed by atoms with Gasteiger partial charge in [0, 0.05) is 13.6 Å². The van der Waals surface area contributed by atoms with Crippen LogP contribution in [0.15, 0.2) is 12.1 Å². The number of carbonyl (C=O) groups excluding carboxylic acids is 1. The van der Waals surface area contributed by atoms with Crippen LogP contribution in [-0.2, 0) is 11.3 Å². The van der Waals surface area contributed by atoms with Crippen LogP contribution in [0.3, 0.4) is 0 Å². The number of nitrogens with zero attached hydrogens (tertiary/aromatic N) is 2. The molecule has 0 atom stereocenters. The summed E-state index contributed by atoms with van der Waals surface area (Å²) in [5, 5.41) is 8.50. The summed E-state index contributed by atoms with van der Waals surface area (Å²) in [6.07, 6.45) is -0.0971. The molecule has 0 saturated heterocycles. The first kappa shape index (κ1) is 12.2. The fourth-order valence-electron chi connectivity index (χ4n) is 1.80. The molecule has 94 valence electrons. The van der Waals surface area contributed by atoms with Gasteiger partial charge >= 0.3 is 0 Å². The first-order valence-corrected chi connectivity index (χ1v) is 5.62. The summed E-state index contributed by atoms with van der Waals surface area (Å²) in [5.74, 6) is 1.26. The van der Waals surface area contributed by atoms with E-state index in [1.165, 1.54) is 4.90 Å². The van der Waals surface area contributed by atoms with Gasteiger partial charge in [0.2, 0.25) is 12.7 Å². The van der Waals surface area contributed by atoms with Gasteiger partial charge in [0.25, 0.3) is 0 Å². The molecule has 2 rings (SSSR count). The Labute approximate surface area is 106 Å². The number of hydrogen-bond donors (Lipinski definition) is 0. The minimum atomic E-state index is -0.186. The zero-order valence-corrected chi connectivity index (χ0v) is 10.4. The Kier molecular flexibility index (Phi) is 3.38. The lowest BCUT2D eigenvalue weighted by Gasteiger charge is -2.17. The van der Waals surface area contributed by atoms with E-state index >= 15 is 0 Å². The van der Waals surface area contributed by atoms with Gasteiger partial charge in [-0.3, -0.25) is 4.79 Å². The number of rotatable bonds is 3. The number of amides is 1. The first-order chi connectivity index (χ1) is 8.61. The monoisotopic (exact) mass is 246 g/mol. The molecule has 5 nitrogen and oxygen atoms in total. The number of aryl methyl sites for hydroxylation is 1. The Balaban J connectivity index is 2.15. The van der Waals surface area contributed by atoms with E-state index in [1.54, 1.807) is 7.05 Å². The molecule has 0 aliphatic carbocycles. The Bertz CT molecular complexity index is 520. The molecular weight excluding hydrogens is 232 g/mol. The maximum absolute atomic E-state index is 11.5. The number of benzene rings is 1. The Morgan fingerprint density at radius 1 is 1.44 bits per heavy atom. The van der Waals surface area contributed by atoms with Crippen LogP contribution in [0.1, 0.15) is 17.5 Å². The summed E-state index contributed by atoms with van der Waals surface area (Å²) in [7, 11) is 1.68. The van der Waals surface area contributed by atoms with E-state index in [9.17, 15) is 4.79 Å². The van der Waals surface area contributed by atoms with Crippen LogP contribution in [0.2, 0.25) is 0 Å². The van der Waals surface area contributed by atoms with Crippen LogP contribution >= 0.6 is 0 Å². The molecule has 0 N–H and O–H groups in total. The van der Waals surface area contributed by atoms with Gasteiger partial charge in [-0.05, 0) is 30.2 Å². The minimum absolute atomic E-state index is 0.0971. The minimum Gasteiger partial charge on any atom is -0.454 e. The van der Waals surface area contributed by atoms with Crippen molar-refractivity contribution < 1.29 is 14.3 Å². The van der Waals surface area contributed by atoms with Gasteiger partial charge in [-0.25, -0.2) is 0 Å². The highest BCUT2D eigenvalue weighted by molar-refractivity contribution is 5.78. The summed E-state index contributed by atoms with van der Waals surface area (Å²) in [4.78, 5) is 13.1. The van der Waals surface area contributed by atoms with Gasteiger partial charge in [-0.2, -0.15) is 5.26 Å². The predicted molar refractivity (Wildman–Crippen MR) is 64.0 cm³/mol. The highest BCUT2D eigenvalue weighted by atomic mass is 16.7. The van der Waals surface area contributed by atoms with Crippen molar-refractivity contribution in [3.8, 4) is 17.6 Å². The summed E-state index contributed by atoms with van der Waals surface area (Å²) in [5.41, 5.74) is 2.03. The normalized spacial score (nSPS) is 12.1. The largest absolute Gasteiger partial charge is 0.454 e. The molecule has 0 radical (unpaired) electrons. The summed E-state index contributed by atoms with van der Waals surface area (Å²) >= 11 is 0. The second kappa shape index (κ2) is 4.96. The van der Waals surface area contributed by atoms with E-state index in [0.29, 0.717) is 12.3 Å². The molecule has 0 unspecified atom stereocenters. The maximum atomic E-state index is 11.5. The third-order valence-electron chi connectivity index (χ3n) is 2.89. The fourth-order valence-corrected chi connectivity index (χ4v) is 1.80. The Morgan fingerprint density at radius 2 is 2.11 bits per heavy atom. The molecule has 5 heteroatoms. The molecule has 1 amide bonds. The van der Waals surface area contributed by atoms with Gasteiger partial charge in [0.1, 0.15) is 6.42 Å². The molecule has 1 heterocycles. The van der Waals surface area contributed by atoms with Crippen molar-refractivity contribution in [1.82, 2.24) is 4.90 Å². The molecule has 1 aromatic carbocycles. The van der Waals surface area contributed by atoms with Crippen LogP contribution in [0.5, 0.6) is 11.5 Å². The second-order valence-electron chi connectivity index (χ2n) is 4.22. The fraction of sp³-hybridized carbons (Fsp3) is 0.385. The Hall–Kier alpha value is -2.22. The topological polar surface area (TPSA) is 62.6 Å². The quantitative estimate of drug-likeness (QED) is 0.812. The van der Waals surface area contributed by atoms with Crippen LogP contribution < -0.4 is 9.47 Å². The molecule has 18 heavy (non-hydrogen) atoms. The van der Waals surface area contributed by atoms with E-state index in [-0.39, 0.29) is 19.1 Å². The maximum Gasteiger partial charge on any atom is 0.236 e. The predicted octanol–water partition coefficient (Wildman–Crippen LogP) is 1.60. The smallest absolute Gasteiger partial charge is 0.236 e. The van der Waals surface area contributed by atoms with Crippen molar-refractivity contribution in [3.05, 3.63) is 23.3 Å².